The number of aliphatic hydroxyl groups excluding tert-OH is 1. The summed E-state index contributed by atoms with van der Waals surface area (Å²) in [6.45, 7) is 8.61. The molecule has 4 amide bonds. The Kier molecular flexibility index (Phi) is 12.4. The Labute approximate surface area is 386 Å². The minimum absolute atomic E-state index is 0.0567. The second kappa shape index (κ2) is 18.6. The number of hydrogen-bond acceptors (Lipinski definition) is 10. The fourth-order valence-electron chi connectivity index (χ4n) is 9.18. The van der Waals surface area contributed by atoms with Crippen LogP contribution in [0.5, 0.6) is 0 Å². The summed E-state index contributed by atoms with van der Waals surface area (Å²) in [7, 11) is -2.65. The first-order valence-electron chi connectivity index (χ1n) is 22.0. The number of rotatable bonds is 14. The zero-order valence-corrected chi connectivity index (χ0v) is 38.2. The van der Waals surface area contributed by atoms with Crippen molar-refractivity contribution < 1.29 is 37.5 Å². The molecule has 3 N–H and O–H groups in total. The van der Waals surface area contributed by atoms with Crippen molar-refractivity contribution in [2.45, 2.75) is 51.7 Å². The van der Waals surface area contributed by atoms with Gasteiger partial charge in [0.25, 0.3) is 31.9 Å². The van der Waals surface area contributed by atoms with Crippen LogP contribution in [0, 0.1) is 0 Å². The van der Waals surface area contributed by atoms with Gasteiger partial charge >= 0.3 is 0 Å². The first kappa shape index (κ1) is 44.5. The molecule has 0 atom stereocenters. The van der Waals surface area contributed by atoms with Gasteiger partial charge in [0, 0.05) is 73.0 Å². The number of amides is 4. The smallest absolute Gasteiger partial charge is 0.262 e. The number of carbonyl (C=O) groups excluding carboxylic acids is 4. The highest BCUT2D eigenvalue weighted by Gasteiger charge is 2.50. The van der Waals surface area contributed by atoms with Crippen molar-refractivity contribution in [3.8, 4) is 0 Å². The van der Waals surface area contributed by atoms with Crippen molar-refractivity contribution in [2.75, 3.05) is 13.2 Å². The van der Waals surface area contributed by atoms with Crippen LogP contribution in [-0.4, -0.2) is 69.4 Å². The summed E-state index contributed by atoms with van der Waals surface area (Å²) >= 11 is 0. The van der Waals surface area contributed by atoms with E-state index in [0.29, 0.717) is 60.0 Å². The summed E-state index contributed by atoms with van der Waals surface area (Å²) in [6.07, 6.45) is 11.4. The van der Waals surface area contributed by atoms with Gasteiger partial charge in [-0.15, -0.1) is 0 Å². The molecule has 2 aromatic carbocycles. The molecule has 6 aromatic heterocycles. The van der Waals surface area contributed by atoms with E-state index in [1.54, 1.807) is 48.9 Å². The summed E-state index contributed by atoms with van der Waals surface area (Å²) in [5.74, 6) is -1.13. The molecule has 0 aliphatic carbocycles. The third kappa shape index (κ3) is 8.28. The lowest BCUT2D eigenvalue weighted by atomic mass is 10.0. The Hall–Kier alpha value is -7.72. The van der Waals surface area contributed by atoms with Gasteiger partial charge in [-0.1, -0.05) is 81.4 Å². The Morgan fingerprint density at radius 1 is 0.582 bits per heavy atom. The number of furan rings is 2. The summed E-state index contributed by atoms with van der Waals surface area (Å²) in [5, 5.41) is 17.8. The summed E-state index contributed by atoms with van der Waals surface area (Å²) < 4.78 is 21.9. The van der Waals surface area contributed by atoms with Crippen LogP contribution in [0.3, 0.4) is 0 Å². The van der Waals surface area contributed by atoms with Crippen LogP contribution >= 0.6 is 0 Å². The van der Waals surface area contributed by atoms with Gasteiger partial charge in [-0.05, 0) is 76.8 Å². The molecule has 338 valence electrons. The number of imide groups is 2. The van der Waals surface area contributed by atoms with Crippen molar-refractivity contribution in [3.05, 3.63) is 169 Å². The van der Waals surface area contributed by atoms with Crippen LogP contribution < -0.4 is 21.0 Å². The lowest BCUT2D eigenvalue weighted by Crippen LogP contribution is -2.66. The van der Waals surface area contributed by atoms with Crippen molar-refractivity contribution in [1.29, 1.82) is 0 Å². The van der Waals surface area contributed by atoms with E-state index < -0.39 is 31.9 Å². The normalized spacial score (nSPS) is 14.3. The molecule has 0 unspecified atom stereocenters. The standard InChI is InChI=1S/C34H33N3O4Si.C18H15N3O4/c1-34(2,3)42(24-13-6-4-7-14-24,25-15-8-5-9-16-25)41-22-12-20-37-23-27(26-17-10-19-35-31(26)37)29-30(28-18-11-21-40-28)33(39)36-32(29)38;22-8-3-7-21-10-12(11-4-1-6-19-16(11)21)14-15(13-5-2-9-25-13)18(24)20-17(14)23/h4-11,13-19,21,23H,12,20,22H2,1-3H3,(H,36,38,39);1-2,4-6,9-10,22H,3,7-8H2,(H,20,23,24). The van der Waals surface area contributed by atoms with E-state index in [2.05, 4.69) is 89.9 Å². The van der Waals surface area contributed by atoms with E-state index in [1.807, 2.05) is 45.7 Å². The maximum Gasteiger partial charge on any atom is 0.262 e. The molecule has 0 saturated heterocycles. The SMILES string of the molecule is CC(C)(C)[Si](OCCCn1cc(C2=C(c3ccco3)C(=O)NC2=O)c2cccnc21)(c1ccccc1)c1ccccc1.O=C1NC(=O)C(c2cn(CCCO)c3ncccc23)=C1c1ccco1. The largest absolute Gasteiger partial charge is 0.464 e. The minimum Gasteiger partial charge on any atom is -0.464 e. The molecule has 2 aliphatic rings. The van der Waals surface area contributed by atoms with Crippen molar-refractivity contribution in [1.82, 2.24) is 29.7 Å². The Bertz CT molecular complexity index is 3140. The van der Waals surface area contributed by atoms with E-state index in [1.165, 1.54) is 22.9 Å². The Morgan fingerprint density at radius 2 is 1.03 bits per heavy atom. The molecule has 0 fully saturated rings. The highest BCUT2D eigenvalue weighted by molar-refractivity contribution is 6.99. The fraction of sp³-hybridized carbons (Fsp3) is 0.192. The monoisotopic (exact) mass is 912 g/mol. The number of carbonyl (C=O) groups is 4. The molecule has 10 rings (SSSR count). The number of aryl methyl sites for hydroxylation is 2. The first-order chi connectivity index (χ1) is 32.5. The quantitative estimate of drug-likeness (QED) is 0.0600. The van der Waals surface area contributed by atoms with Crippen LogP contribution in [0.25, 0.3) is 44.4 Å². The number of fused-ring (bicyclic) bond motifs is 2. The van der Waals surface area contributed by atoms with Gasteiger partial charge in [0.05, 0.1) is 34.8 Å². The fourth-order valence-corrected chi connectivity index (χ4v) is 13.8. The Morgan fingerprint density at radius 3 is 1.45 bits per heavy atom. The summed E-state index contributed by atoms with van der Waals surface area (Å²) in [4.78, 5) is 59.5. The predicted octanol–water partition coefficient (Wildman–Crippen LogP) is 6.74. The van der Waals surface area contributed by atoms with Crippen LogP contribution in [0.4, 0.5) is 0 Å². The third-order valence-electron chi connectivity index (χ3n) is 12.0. The van der Waals surface area contributed by atoms with E-state index in [-0.39, 0.29) is 28.4 Å². The predicted molar refractivity (Wildman–Crippen MR) is 257 cm³/mol. The van der Waals surface area contributed by atoms with E-state index in [4.69, 9.17) is 18.4 Å². The molecule has 0 radical (unpaired) electrons. The summed E-state index contributed by atoms with van der Waals surface area (Å²) in [5.41, 5.74) is 3.76. The minimum atomic E-state index is -2.65. The van der Waals surface area contributed by atoms with Crippen LogP contribution in [0.15, 0.2) is 155 Å². The third-order valence-corrected chi connectivity index (χ3v) is 17.1. The zero-order chi connectivity index (χ0) is 46.7. The molecule has 67 heavy (non-hydrogen) atoms. The summed E-state index contributed by atoms with van der Waals surface area (Å²) in [6, 6.07) is 35.3. The number of hydrogen-bond donors (Lipinski definition) is 3. The number of nitrogens with one attached hydrogen (secondary N) is 2. The Balaban J connectivity index is 0.000000191. The molecule has 2 aliphatic heterocycles. The molecule has 14 nitrogen and oxygen atoms in total. The van der Waals surface area contributed by atoms with Crippen molar-refractivity contribution in [3.63, 3.8) is 0 Å². The highest BCUT2D eigenvalue weighted by atomic mass is 28.4. The van der Waals surface area contributed by atoms with Gasteiger partial charge in [0.2, 0.25) is 0 Å². The molecule has 0 saturated carbocycles. The second-order valence-electron chi connectivity index (χ2n) is 17.2. The first-order valence-corrected chi connectivity index (χ1v) is 23.9. The number of benzene rings is 2. The molecule has 0 bridgehead atoms. The maximum absolute atomic E-state index is 13.0. The van der Waals surface area contributed by atoms with E-state index in [9.17, 15) is 19.2 Å². The molecule has 8 aromatic rings. The van der Waals surface area contributed by atoms with Gasteiger partial charge in [0.15, 0.2) is 0 Å². The van der Waals surface area contributed by atoms with Gasteiger partial charge in [-0.2, -0.15) is 0 Å². The van der Waals surface area contributed by atoms with Crippen molar-refractivity contribution >= 4 is 86.7 Å². The van der Waals surface area contributed by atoms with Crippen LogP contribution in [-0.2, 0) is 36.7 Å². The van der Waals surface area contributed by atoms with Crippen molar-refractivity contribution in [2.24, 2.45) is 0 Å². The van der Waals surface area contributed by atoms with Crippen LogP contribution in [0.1, 0.15) is 56.3 Å². The lowest BCUT2D eigenvalue weighted by molar-refractivity contribution is -0.124. The molecule has 0 spiro atoms. The van der Waals surface area contributed by atoms with Gasteiger partial charge < -0.3 is 27.5 Å². The zero-order valence-electron chi connectivity index (χ0n) is 37.2. The number of pyridine rings is 2. The topological polar surface area (TPSA) is 184 Å². The van der Waals surface area contributed by atoms with Crippen LogP contribution in [0.2, 0.25) is 5.04 Å². The average molecular weight is 913 g/mol. The molecule has 15 heteroatoms. The van der Waals surface area contributed by atoms with Gasteiger partial charge in [-0.3, -0.25) is 29.8 Å². The van der Waals surface area contributed by atoms with E-state index >= 15 is 0 Å². The van der Waals surface area contributed by atoms with Gasteiger partial charge in [0.1, 0.15) is 22.8 Å². The number of aliphatic hydroxyl groups is 1. The molecular formula is C52H48N6O8Si. The highest BCUT2D eigenvalue weighted by Crippen LogP contribution is 2.39. The van der Waals surface area contributed by atoms with E-state index in [0.717, 1.165) is 22.8 Å². The second-order valence-corrected chi connectivity index (χ2v) is 21.5. The maximum atomic E-state index is 13.0. The average Bonchev–Trinajstić information content (AvgIpc) is 4.21. The molecular weight excluding hydrogens is 865 g/mol. The molecule has 8 heterocycles. The number of nitrogens with zero attached hydrogens (tertiary/aromatic N) is 4. The lowest BCUT2D eigenvalue weighted by Gasteiger charge is -2.43. The van der Waals surface area contributed by atoms with Gasteiger partial charge in [-0.25, -0.2) is 9.97 Å². The number of aromatic nitrogens is 4.